The Morgan fingerprint density at radius 2 is 2.00 bits per heavy atom. The van der Waals surface area contributed by atoms with E-state index in [1.165, 1.54) is 0 Å². The van der Waals surface area contributed by atoms with Crippen molar-refractivity contribution in [2.45, 2.75) is 59.5 Å². The van der Waals surface area contributed by atoms with Crippen LogP contribution >= 0.6 is 0 Å². The molecule has 0 bridgehead atoms. The lowest BCUT2D eigenvalue weighted by Crippen LogP contribution is -2.50. The second-order valence-corrected chi connectivity index (χ2v) is 7.06. The van der Waals surface area contributed by atoms with E-state index in [1.54, 1.807) is 13.8 Å². The van der Waals surface area contributed by atoms with Crippen molar-refractivity contribution in [2.24, 2.45) is 11.8 Å². The fourth-order valence-electron chi connectivity index (χ4n) is 3.30. The van der Waals surface area contributed by atoms with Crippen molar-refractivity contribution in [3.05, 3.63) is 27.2 Å². The van der Waals surface area contributed by atoms with Gasteiger partial charge >= 0.3 is 6.03 Å². The van der Waals surface area contributed by atoms with E-state index in [2.05, 4.69) is 29.6 Å². The molecule has 0 aromatic carbocycles. The predicted octanol–water partition coefficient (Wildman–Crippen LogP) is 1.38. The van der Waals surface area contributed by atoms with Gasteiger partial charge in [0, 0.05) is 6.04 Å². The highest BCUT2D eigenvalue weighted by Gasteiger charge is 2.28. The largest absolute Gasteiger partial charge is 0.335 e. The fraction of sp³-hybridized carbons (Fsp3) is 0.611. The molecule has 1 aliphatic carbocycles. The van der Waals surface area contributed by atoms with Crippen molar-refractivity contribution in [2.75, 3.05) is 0 Å². The molecular weight excluding hydrogens is 334 g/mol. The number of aryl methyl sites for hydroxylation is 1. The first-order valence-electron chi connectivity index (χ1n) is 8.83. The zero-order chi connectivity index (χ0) is 19.4. The number of urea groups is 1. The van der Waals surface area contributed by atoms with Crippen LogP contribution in [0.4, 0.5) is 4.79 Å². The van der Waals surface area contributed by atoms with Gasteiger partial charge in [-0.1, -0.05) is 26.7 Å². The Balaban J connectivity index is 2.01. The Morgan fingerprint density at radius 3 is 2.65 bits per heavy atom. The number of hydrogen-bond acceptors (Lipinski definition) is 5. The topological polar surface area (TPSA) is 117 Å². The third kappa shape index (κ3) is 4.28. The molecule has 1 aromatic heterocycles. The summed E-state index contributed by atoms with van der Waals surface area (Å²) in [6.07, 6.45) is 3.07. The lowest BCUT2D eigenvalue weighted by molar-refractivity contribution is -0.120. The molecule has 0 spiro atoms. The van der Waals surface area contributed by atoms with Gasteiger partial charge in [-0.3, -0.25) is 14.9 Å². The molecule has 2 N–H and O–H groups in total. The number of rotatable bonds is 3. The Bertz CT molecular complexity index is 808. The van der Waals surface area contributed by atoms with Gasteiger partial charge in [0.1, 0.15) is 18.2 Å². The van der Waals surface area contributed by atoms with E-state index in [1.807, 2.05) is 6.07 Å². The van der Waals surface area contributed by atoms with Gasteiger partial charge in [0.15, 0.2) is 0 Å². The third-order valence-corrected chi connectivity index (χ3v) is 5.32. The van der Waals surface area contributed by atoms with E-state index in [0.717, 1.165) is 23.9 Å². The summed E-state index contributed by atoms with van der Waals surface area (Å²) in [5.41, 5.74) is 0.302. The molecule has 1 aliphatic rings. The Hall–Kier alpha value is -2.69. The molecule has 1 fully saturated rings. The molecule has 8 nitrogen and oxygen atoms in total. The van der Waals surface area contributed by atoms with Crippen LogP contribution in [0.2, 0.25) is 0 Å². The van der Waals surface area contributed by atoms with Crippen LogP contribution in [-0.4, -0.2) is 27.8 Å². The monoisotopic (exact) mass is 359 g/mol. The zero-order valence-corrected chi connectivity index (χ0v) is 15.6. The van der Waals surface area contributed by atoms with Crippen LogP contribution in [0.3, 0.4) is 0 Å². The number of amides is 3. The summed E-state index contributed by atoms with van der Waals surface area (Å²) in [4.78, 5) is 36.4. The van der Waals surface area contributed by atoms with Crippen LogP contribution in [0.15, 0.2) is 4.79 Å². The molecule has 1 aromatic rings. The summed E-state index contributed by atoms with van der Waals surface area (Å²) in [5.74, 6) is 0.208. The molecule has 140 valence electrons. The summed E-state index contributed by atoms with van der Waals surface area (Å²) in [6.45, 7) is 7.12. The molecule has 0 aliphatic heterocycles. The second-order valence-electron chi connectivity index (χ2n) is 7.06. The number of imide groups is 1. The molecule has 0 unspecified atom stereocenters. The van der Waals surface area contributed by atoms with Crippen LogP contribution in [0.25, 0.3) is 0 Å². The number of hydrogen-bond donors (Lipinski definition) is 2. The Labute approximate surface area is 152 Å². The first kappa shape index (κ1) is 19.6. The van der Waals surface area contributed by atoms with Crippen molar-refractivity contribution < 1.29 is 9.59 Å². The molecule has 0 saturated heterocycles. The SMILES string of the molecule is Cc1nn(CC(=O)NC(=O)N[C@@H]2CCC[C@H](C)[C@H]2C)c(=O)c(C#N)c1C. The van der Waals surface area contributed by atoms with Gasteiger partial charge < -0.3 is 5.32 Å². The first-order valence-corrected chi connectivity index (χ1v) is 8.83. The number of nitrogens with zero attached hydrogens (tertiary/aromatic N) is 3. The molecule has 0 radical (unpaired) electrons. The van der Waals surface area contributed by atoms with E-state index < -0.39 is 24.0 Å². The minimum atomic E-state index is -0.652. The van der Waals surface area contributed by atoms with Crippen LogP contribution < -0.4 is 16.2 Å². The number of nitriles is 1. The minimum absolute atomic E-state index is 0.0270. The molecule has 3 atom stereocenters. The molecular formula is C18H25N5O3. The average Bonchev–Trinajstić information content (AvgIpc) is 2.57. The van der Waals surface area contributed by atoms with Gasteiger partial charge in [-0.05, 0) is 37.7 Å². The minimum Gasteiger partial charge on any atom is -0.335 e. The van der Waals surface area contributed by atoms with E-state index in [-0.39, 0.29) is 11.6 Å². The summed E-state index contributed by atoms with van der Waals surface area (Å²) in [7, 11) is 0. The molecule has 3 amide bonds. The molecule has 8 heteroatoms. The van der Waals surface area contributed by atoms with Crippen LogP contribution in [0, 0.1) is 37.0 Å². The van der Waals surface area contributed by atoms with E-state index in [0.29, 0.717) is 23.1 Å². The predicted molar refractivity (Wildman–Crippen MR) is 95.3 cm³/mol. The standard InChI is InChI=1S/C18H25N5O3/c1-10-6-5-7-15(11(10)2)20-18(26)21-16(24)9-23-17(25)14(8-19)12(3)13(4)22-23/h10-11,15H,5-7,9H2,1-4H3,(H2,20,21,24,26)/t10-,11+,15+/m0/s1. The molecule has 1 heterocycles. The van der Waals surface area contributed by atoms with E-state index in [4.69, 9.17) is 5.26 Å². The van der Waals surface area contributed by atoms with E-state index >= 15 is 0 Å². The highest BCUT2D eigenvalue weighted by Crippen LogP contribution is 2.29. The Kier molecular flexibility index (Phi) is 6.14. The van der Waals surface area contributed by atoms with Crippen LogP contribution in [0.5, 0.6) is 0 Å². The molecule has 26 heavy (non-hydrogen) atoms. The number of nitrogens with one attached hydrogen (secondary N) is 2. The van der Waals surface area contributed by atoms with Crippen LogP contribution in [0.1, 0.15) is 49.9 Å². The van der Waals surface area contributed by atoms with Gasteiger partial charge in [-0.15, -0.1) is 0 Å². The van der Waals surface area contributed by atoms with Crippen LogP contribution in [-0.2, 0) is 11.3 Å². The first-order chi connectivity index (χ1) is 12.2. The highest BCUT2D eigenvalue weighted by atomic mass is 16.2. The lowest BCUT2D eigenvalue weighted by Gasteiger charge is -2.34. The van der Waals surface area contributed by atoms with Crippen molar-refractivity contribution in [1.29, 1.82) is 5.26 Å². The number of carbonyl (C=O) groups is 2. The van der Waals surface area contributed by atoms with Gasteiger partial charge in [-0.2, -0.15) is 10.4 Å². The van der Waals surface area contributed by atoms with Crippen molar-refractivity contribution in [3.8, 4) is 6.07 Å². The van der Waals surface area contributed by atoms with Gasteiger partial charge in [0.25, 0.3) is 5.56 Å². The van der Waals surface area contributed by atoms with Gasteiger partial charge in [-0.25, -0.2) is 9.48 Å². The summed E-state index contributed by atoms with van der Waals surface area (Å²) < 4.78 is 0.912. The Morgan fingerprint density at radius 1 is 1.31 bits per heavy atom. The normalized spacial score (nSPS) is 22.3. The van der Waals surface area contributed by atoms with Crippen molar-refractivity contribution in [1.82, 2.24) is 20.4 Å². The third-order valence-electron chi connectivity index (χ3n) is 5.32. The number of aromatic nitrogens is 2. The highest BCUT2D eigenvalue weighted by molar-refractivity contribution is 5.94. The quantitative estimate of drug-likeness (QED) is 0.845. The zero-order valence-electron chi connectivity index (χ0n) is 15.6. The fourth-order valence-corrected chi connectivity index (χ4v) is 3.30. The smallest absolute Gasteiger partial charge is 0.321 e. The maximum absolute atomic E-state index is 12.2. The van der Waals surface area contributed by atoms with Crippen molar-refractivity contribution in [3.63, 3.8) is 0 Å². The van der Waals surface area contributed by atoms with Crippen molar-refractivity contribution >= 4 is 11.9 Å². The second kappa shape index (κ2) is 8.13. The number of carbonyl (C=O) groups excluding carboxylic acids is 2. The van der Waals surface area contributed by atoms with Gasteiger partial charge in [0.2, 0.25) is 5.91 Å². The maximum atomic E-state index is 12.2. The van der Waals surface area contributed by atoms with Gasteiger partial charge in [0.05, 0.1) is 5.69 Å². The van der Waals surface area contributed by atoms with E-state index in [9.17, 15) is 14.4 Å². The maximum Gasteiger partial charge on any atom is 0.321 e. The lowest BCUT2D eigenvalue weighted by atomic mass is 9.78. The summed E-state index contributed by atoms with van der Waals surface area (Å²) in [5, 5.41) is 18.2. The summed E-state index contributed by atoms with van der Waals surface area (Å²) >= 11 is 0. The molecule has 1 saturated carbocycles. The summed E-state index contributed by atoms with van der Waals surface area (Å²) in [6, 6.07) is 1.29. The molecule has 2 rings (SSSR count). The average molecular weight is 359 g/mol.